The molecule has 152 valence electrons. The van der Waals surface area contributed by atoms with Crippen LogP contribution in [0, 0.1) is 6.92 Å². The van der Waals surface area contributed by atoms with Gasteiger partial charge in [-0.2, -0.15) is 0 Å². The van der Waals surface area contributed by atoms with Crippen molar-refractivity contribution in [1.82, 2.24) is 24.8 Å². The van der Waals surface area contributed by atoms with Crippen molar-refractivity contribution >= 4 is 44.8 Å². The van der Waals surface area contributed by atoms with Gasteiger partial charge in [0.25, 0.3) is 0 Å². The maximum atomic E-state index is 6.38. The molecule has 0 aliphatic carbocycles. The summed E-state index contributed by atoms with van der Waals surface area (Å²) in [6, 6.07) is 9.71. The van der Waals surface area contributed by atoms with Gasteiger partial charge in [0.2, 0.25) is 0 Å². The first kappa shape index (κ1) is 19.4. The highest BCUT2D eigenvalue weighted by Crippen LogP contribution is 2.31. The molecule has 1 saturated heterocycles. The third kappa shape index (κ3) is 4.01. The fourth-order valence-electron chi connectivity index (χ4n) is 3.66. The Hall–Kier alpha value is -2.61. The number of likely N-dealkylation sites (tertiary alicyclic amines) is 1. The molecule has 1 fully saturated rings. The van der Waals surface area contributed by atoms with E-state index in [-0.39, 0.29) is 0 Å². The van der Waals surface area contributed by atoms with Gasteiger partial charge in [0.15, 0.2) is 0 Å². The predicted octanol–water partition coefficient (Wildman–Crippen LogP) is 5.45. The minimum Gasteiger partial charge on any atom is -0.325 e. The molecule has 5 rings (SSSR count). The highest BCUT2D eigenvalue weighted by Gasteiger charge is 2.15. The second kappa shape index (κ2) is 8.26. The van der Waals surface area contributed by atoms with Crippen molar-refractivity contribution in [2.24, 2.45) is 0 Å². The Morgan fingerprint density at radius 3 is 2.80 bits per heavy atom. The van der Waals surface area contributed by atoms with Crippen molar-refractivity contribution in [3.05, 3.63) is 59.0 Å². The number of pyridine rings is 3. The number of rotatable bonds is 5. The Morgan fingerprint density at radius 2 is 1.97 bits per heavy atom. The molecule has 0 bridgehead atoms. The zero-order chi connectivity index (χ0) is 20.5. The Labute approximate surface area is 184 Å². The van der Waals surface area contributed by atoms with Crippen LogP contribution < -0.4 is 5.32 Å². The van der Waals surface area contributed by atoms with Crippen molar-refractivity contribution in [3.8, 4) is 10.7 Å². The predicted molar refractivity (Wildman–Crippen MR) is 122 cm³/mol. The number of hydrogen-bond acceptors (Lipinski definition) is 7. The molecule has 0 saturated carbocycles. The lowest BCUT2D eigenvalue weighted by atomic mass is 10.2. The lowest BCUT2D eigenvalue weighted by molar-refractivity contribution is 0.327. The summed E-state index contributed by atoms with van der Waals surface area (Å²) in [4.78, 5) is 20.9. The van der Waals surface area contributed by atoms with Crippen LogP contribution in [0.3, 0.4) is 0 Å². The molecular weight excluding hydrogens is 416 g/mol. The summed E-state index contributed by atoms with van der Waals surface area (Å²) in [6.45, 7) is 5.04. The number of nitrogens with one attached hydrogen (secondary N) is 1. The lowest BCUT2D eigenvalue weighted by Crippen LogP contribution is -2.19. The smallest absolute Gasteiger partial charge is 0.143 e. The zero-order valence-corrected chi connectivity index (χ0v) is 18.2. The van der Waals surface area contributed by atoms with Gasteiger partial charge in [-0.3, -0.25) is 9.88 Å². The van der Waals surface area contributed by atoms with Gasteiger partial charge < -0.3 is 5.32 Å². The largest absolute Gasteiger partial charge is 0.325 e. The number of thiazole rings is 1. The number of hydrogen-bond donors (Lipinski definition) is 1. The van der Waals surface area contributed by atoms with Crippen LogP contribution in [0.2, 0.25) is 5.02 Å². The van der Waals surface area contributed by atoms with Crippen LogP contribution in [0.1, 0.15) is 24.1 Å². The van der Waals surface area contributed by atoms with Crippen molar-refractivity contribution in [2.45, 2.75) is 26.3 Å². The van der Waals surface area contributed by atoms with Crippen LogP contribution in [0.4, 0.5) is 11.6 Å². The molecule has 0 amide bonds. The van der Waals surface area contributed by atoms with E-state index < -0.39 is 0 Å². The summed E-state index contributed by atoms with van der Waals surface area (Å²) in [5.74, 6) is 1.44. The number of aromatic nitrogens is 4. The topological polar surface area (TPSA) is 66.8 Å². The maximum absolute atomic E-state index is 6.38. The van der Waals surface area contributed by atoms with Crippen LogP contribution in [-0.4, -0.2) is 37.9 Å². The number of aryl methyl sites for hydroxylation is 1. The Bertz CT molecular complexity index is 1200. The number of nitrogens with zero attached hydrogens (tertiary/aromatic N) is 5. The van der Waals surface area contributed by atoms with Crippen molar-refractivity contribution < 1.29 is 0 Å². The van der Waals surface area contributed by atoms with Gasteiger partial charge in [-0.15, -0.1) is 11.3 Å². The zero-order valence-electron chi connectivity index (χ0n) is 16.6. The Morgan fingerprint density at radius 1 is 1.10 bits per heavy atom. The van der Waals surface area contributed by atoms with E-state index in [1.807, 2.05) is 43.5 Å². The van der Waals surface area contributed by atoms with Crippen LogP contribution in [0.5, 0.6) is 0 Å². The second-order valence-electron chi connectivity index (χ2n) is 7.46. The quantitative estimate of drug-likeness (QED) is 0.448. The standard InChI is InChI=1S/C22H21ClN6S/c1-14-5-4-8-24-21(14)22-27-16-11-20(25-12-18(16)30-22)28-19-7-6-15(23)17(26-19)13-29-9-2-3-10-29/h4-8,11-12H,2-3,9-10,13H2,1H3,(H,25,26,28). The molecule has 0 aromatic carbocycles. The molecule has 6 nitrogen and oxygen atoms in total. The SMILES string of the molecule is Cc1cccnc1-c1nc2cc(Nc3ccc(Cl)c(CN4CCCC4)n3)ncc2s1. The molecule has 0 unspecified atom stereocenters. The van der Waals surface area contributed by atoms with E-state index in [4.69, 9.17) is 21.6 Å². The minimum atomic E-state index is 0.700. The normalized spacial score (nSPS) is 14.5. The van der Waals surface area contributed by atoms with Gasteiger partial charge in [0, 0.05) is 25.0 Å². The molecule has 0 radical (unpaired) electrons. The van der Waals surface area contributed by atoms with E-state index in [9.17, 15) is 0 Å². The first-order valence-electron chi connectivity index (χ1n) is 9.99. The van der Waals surface area contributed by atoms with Gasteiger partial charge in [-0.25, -0.2) is 15.0 Å². The van der Waals surface area contributed by atoms with E-state index in [0.717, 1.165) is 57.6 Å². The van der Waals surface area contributed by atoms with Crippen molar-refractivity contribution in [2.75, 3.05) is 18.4 Å². The molecule has 1 aliphatic rings. The monoisotopic (exact) mass is 436 g/mol. The summed E-state index contributed by atoms with van der Waals surface area (Å²) in [6.07, 6.45) is 6.13. The van der Waals surface area contributed by atoms with Crippen molar-refractivity contribution in [1.29, 1.82) is 0 Å². The summed E-state index contributed by atoms with van der Waals surface area (Å²) < 4.78 is 1.03. The van der Waals surface area contributed by atoms with E-state index in [0.29, 0.717) is 10.8 Å². The fraction of sp³-hybridized carbons (Fsp3) is 0.273. The third-order valence-corrected chi connectivity index (χ3v) is 6.59. The summed E-state index contributed by atoms with van der Waals surface area (Å²) >= 11 is 7.98. The Kier molecular flexibility index (Phi) is 5.33. The number of fused-ring (bicyclic) bond motifs is 1. The highest BCUT2D eigenvalue weighted by molar-refractivity contribution is 7.21. The Balaban J connectivity index is 1.39. The average Bonchev–Trinajstić information content (AvgIpc) is 3.40. The molecule has 4 aromatic heterocycles. The van der Waals surface area contributed by atoms with Gasteiger partial charge in [-0.05, 0) is 56.6 Å². The van der Waals surface area contributed by atoms with Crippen LogP contribution >= 0.6 is 22.9 Å². The van der Waals surface area contributed by atoms with Crippen LogP contribution in [-0.2, 0) is 6.54 Å². The number of anilines is 2. The van der Waals surface area contributed by atoms with Gasteiger partial charge in [0.05, 0.1) is 20.9 Å². The summed E-state index contributed by atoms with van der Waals surface area (Å²) in [7, 11) is 0. The van der Waals surface area contributed by atoms with Crippen LogP contribution in [0.25, 0.3) is 20.9 Å². The summed E-state index contributed by atoms with van der Waals surface area (Å²) in [5.41, 5.74) is 3.81. The minimum absolute atomic E-state index is 0.700. The first-order valence-corrected chi connectivity index (χ1v) is 11.2. The van der Waals surface area contributed by atoms with E-state index in [1.165, 1.54) is 12.8 Å². The van der Waals surface area contributed by atoms with E-state index in [2.05, 4.69) is 20.2 Å². The van der Waals surface area contributed by atoms with Crippen molar-refractivity contribution in [3.63, 3.8) is 0 Å². The van der Waals surface area contributed by atoms with E-state index in [1.54, 1.807) is 17.5 Å². The molecule has 30 heavy (non-hydrogen) atoms. The molecule has 1 N–H and O–H groups in total. The van der Waals surface area contributed by atoms with Gasteiger partial charge in [-0.1, -0.05) is 17.7 Å². The molecule has 0 spiro atoms. The lowest BCUT2D eigenvalue weighted by Gasteiger charge is -2.15. The van der Waals surface area contributed by atoms with Gasteiger partial charge >= 0.3 is 0 Å². The fourth-order valence-corrected chi connectivity index (χ4v) is 4.80. The molecule has 0 atom stereocenters. The first-order chi connectivity index (χ1) is 14.7. The second-order valence-corrected chi connectivity index (χ2v) is 8.90. The molecule has 4 aromatic rings. The maximum Gasteiger partial charge on any atom is 0.143 e. The molecule has 8 heteroatoms. The molecule has 5 heterocycles. The highest BCUT2D eigenvalue weighted by atomic mass is 35.5. The average molecular weight is 437 g/mol. The van der Waals surface area contributed by atoms with Crippen LogP contribution in [0.15, 0.2) is 42.7 Å². The van der Waals surface area contributed by atoms with E-state index >= 15 is 0 Å². The third-order valence-electron chi connectivity index (χ3n) is 5.23. The number of halogens is 1. The van der Waals surface area contributed by atoms with Gasteiger partial charge in [0.1, 0.15) is 22.3 Å². The molecule has 1 aliphatic heterocycles. The summed E-state index contributed by atoms with van der Waals surface area (Å²) in [5, 5.41) is 4.90. The molecular formula is C22H21ClN6S.